The van der Waals surface area contributed by atoms with E-state index in [0.717, 1.165) is 18.7 Å². The quantitative estimate of drug-likeness (QED) is 0.816. The number of halogens is 2. The fourth-order valence-corrected chi connectivity index (χ4v) is 1.24. The predicted molar refractivity (Wildman–Crippen MR) is 58.4 cm³/mol. The van der Waals surface area contributed by atoms with Gasteiger partial charge >= 0.3 is 6.61 Å². The van der Waals surface area contributed by atoms with Crippen LogP contribution in [0.3, 0.4) is 0 Å². The van der Waals surface area contributed by atoms with E-state index in [1.165, 1.54) is 13.2 Å². The van der Waals surface area contributed by atoms with Crippen molar-refractivity contribution in [3.05, 3.63) is 18.2 Å². The molecule has 0 unspecified atom stereocenters. The molecule has 0 aromatic heterocycles. The van der Waals surface area contributed by atoms with E-state index in [1.54, 1.807) is 12.1 Å². The second-order valence-corrected chi connectivity index (χ2v) is 3.17. The Morgan fingerprint density at radius 2 is 2.06 bits per heavy atom. The molecule has 0 heterocycles. The highest BCUT2D eigenvalue weighted by molar-refractivity contribution is 5.54. The van der Waals surface area contributed by atoms with E-state index < -0.39 is 6.61 Å². The van der Waals surface area contributed by atoms with Crippen LogP contribution in [0, 0.1) is 0 Å². The molecular formula is C11H15F2NO2. The Labute approximate surface area is 93.4 Å². The summed E-state index contributed by atoms with van der Waals surface area (Å²) in [5.41, 5.74) is 0.735. The second-order valence-electron chi connectivity index (χ2n) is 3.17. The Morgan fingerprint density at radius 1 is 1.31 bits per heavy atom. The van der Waals surface area contributed by atoms with E-state index in [2.05, 4.69) is 10.1 Å². The number of anilines is 1. The van der Waals surface area contributed by atoms with Crippen molar-refractivity contribution < 1.29 is 18.3 Å². The van der Waals surface area contributed by atoms with Crippen LogP contribution in [0.25, 0.3) is 0 Å². The van der Waals surface area contributed by atoms with Crippen LogP contribution in [0.1, 0.15) is 13.3 Å². The van der Waals surface area contributed by atoms with Crippen molar-refractivity contribution in [2.75, 3.05) is 19.0 Å². The number of hydrogen-bond donors (Lipinski definition) is 1. The van der Waals surface area contributed by atoms with Gasteiger partial charge in [-0.3, -0.25) is 0 Å². The first-order valence-electron chi connectivity index (χ1n) is 5.04. The summed E-state index contributed by atoms with van der Waals surface area (Å²) in [6, 6.07) is 4.85. The molecule has 0 bridgehead atoms. The zero-order chi connectivity index (χ0) is 12.0. The summed E-state index contributed by atoms with van der Waals surface area (Å²) in [5.74, 6) is 0.334. The van der Waals surface area contributed by atoms with Crippen LogP contribution >= 0.6 is 0 Å². The van der Waals surface area contributed by atoms with Gasteiger partial charge in [-0.1, -0.05) is 6.92 Å². The summed E-state index contributed by atoms with van der Waals surface area (Å²) in [6.07, 6.45) is 0.955. The maximum Gasteiger partial charge on any atom is 0.387 e. The van der Waals surface area contributed by atoms with Gasteiger partial charge in [-0.2, -0.15) is 8.78 Å². The number of methoxy groups -OCH3 is 1. The highest BCUT2D eigenvalue weighted by atomic mass is 19.3. The molecule has 3 nitrogen and oxygen atoms in total. The number of ether oxygens (including phenoxy) is 2. The molecule has 1 aromatic rings. The van der Waals surface area contributed by atoms with Gasteiger partial charge in [-0.05, 0) is 18.6 Å². The monoisotopic (exact) mass is 231 g/mol. The van der Waals surface area contributed by atoms with E-state index in [9.17, 15) is 8.78 Å². The van der Waals surface area contributed by atoms with Crippen molar-refractivity contribution in [2.24, 2.45) is 0 Å². The van der Waals surface area contributed by atoms with E-state index in [4.69, 9.17) is 4.74 Å². The number of rotatable bonds is 6. The summed E-state index contributed by atoms with van der Waals surface area (Å²) in [5, 5.41) is 3.08. The first kappa shape index (κ1) is 12.5. The van der Waals surface area contributed by atoms with Crippen molar-refractivity contribution in [3.8, 4) is 11.5 Å². The molecule has 1 aromatic carbocycles. The molecule has 0 saturated carbocycles. The van der Waals surface area contributed by atoms with Gasteiger partial charge in [-0.25, -0.2) is 0 Å². The zero-order valence-corrected chi connectivity index (χ0v) is 9.30. The van der Waals surface area contributed by atoms with Gasteiger partial charge < -0.3 is 14.8 Å². The molecule has 1 rings (SSSR count). The second kappa shape index (κ2) is 6.15. The smallest absolute Gasteiger partial charge is 0.387 e. The van der Waals surface area contributed by atoms with Crippen molar-refractivity contribution in [3.63, 3.8) is 0 Å². The normalized spacial score (nSPS) is 10.3. The molecule has 0 radical (unpaired) electrons. The van der Waals surface area contributed by atoms with Gasteiger partial charge in [0.25, 0.3) is 0 Å². The van der Waals surface area contributed by atoms with Crippen LogP contribution < -0.4 is 14.8 Å². The molecule has 0 spiro atoms. The van der Waals surface area contributed by atoms with Crippen LogP contribution in [0.2, 0.25) is 0 Å². The largest absolute Gasteiger partial charge is 0.493 e. The Kier molecular flexibility index (Phi) is 4.82. The fourth-order valence-electron chi connectivity index (χ4n) is 1.24. The lowest BCUT2D eigenvalue weighted by Crippen LogP contribution is -2.05. The van der Waals surface area contributed by atoms with Gasteiger partial charge in [-0.15, -0.1) is 0 Å². The molecule has 0 atom stereocenters. The third kappa shape index (κ3) is 3.56. The molecule has 0 aliphatic rings. The maximum atomic E-state index is 12.1. The summed E-state index contributed by atoms with van der Waals surface area (Å²) in [7, 11) is 1.41. The van der Waals surface area contributed by atoms with Crippen LogP contribution in [0.5, 0.6) is 11.5 Å². The highest BCUT2D eigenvalue weighted by Crippen LogP contribution is 2.31. The summed E-state index contributed by atoms with van der Waals surface area (Å²) in [4.78, 5) is 0. The third-order valence-corrected chi connectivity index (χ3v) is 1.96. The minimum atomic E-state index is -2.85. The standard InChI is InChI=1S/C11H15F2NO2/c1-3-6-14-8-4-5-9(15-2)10(7-8)16-11(12)13/h4-5,7,11,14H,3,6H2,1-2H3. The average molecular weight is 231 g/mol. The highest BCUT2D eigenvalue weighted by Gasteiger charge is 2.10. The van der Waals surface area contributed by atoms with E-state index >= 15 is 0 Å². The topological polar surface area (TPSA) is 30.5 Å². The Balaban J connectivity index is 2.83. The molecule has 0 saturated heterocycles. The van der Waals surface area contributed by atoms with Gasteiger partial charge in [0.15, 0.2) is 11.5 Å². The number of nitrogens with one attached hydrogen (secondary N) is 1. The SMILES string of the molecule is CCCNc1ccc(OC)c(OC(F)F)c1. The van der Waals surface area contributed by atoms with Crippen LogP contribution in [0.4, 0.5) is 14.5 Å². The summed E-state index contributed by atoms with van der Waals surface area (Å²) >= 11 is 0. The van der Waals surface area contributed by atoms with Crippen molar-refractivity contribution in [2.45, 2.75) is 20.0 Å². The molecule has 16 heavy (non-hydrogen) atoms. The molecule has 90 valence electrons. The van der Waals surface area contributed by atoms with E-state index in [1.807, 2.05) is 6.92 Å². The summed E-state index contributed by atoms with van der Waals surface area (Å²) < 4.78 is 33.5. The molecule has 1 N–H and O–H groups in total. The number of hydrogen-bond acceptors (Lipinski definition) is 3. The lowest BCUT2D eigenvalue weighted by atomic mass is 10.2. The average Bonchev–Trinajstić information content (AvgIpc) is 2.26. The lowest BCUT2D eigenvalue weighted by molar-refractivity contribution is -0.0511. The molecule has 0 aliphatic carbocycles. The number of alkyl halides is 2. The van der Waals surface area contributed by atoms with Crippen LogP contribution in [-0.2, 0) is 0 Å². The van der Waals surface area contributed by atoms with Gasteiger partial charge in [0, 0.05) is 18.3 Å². The van der Waals surface area contributed by atoms with Crippen molar-refractivity contribution >= 4 is 5.69 Å². The fraction of sp³-hybridized carbons (Fsp3) is 0.455. The van der Waals surface area contributed by atoms with Gasteiger partial charge in [0.1, 0.15) is 0 Å². The Bertz CT molecular complexity index is 332. The first-order valence-corrected chi connectivity index (χ1v) is 5.04. The van der Waals surface area contributed by atoms with E-state index in [0.29, 0.717) is 5.75 Å². The third-order valence-electron chi connectivity index (χ3n) is 1.96. The lowest BCUT2D eigenvalue weighted by Gasteiger charge is -2.12. The molecular weight excluding hydrogens is 216 g/mol. The molecule has 0 fully saturated rings. The maximum absolute atomic E-state index is 12.1. The number of benzene rings is 1. The van der Waals surface area contributed by atoms with Crippen LogP contribution in [0.15, 0.2) is 18.2 Å². The Hall–Kier alpha value is -1.52. The molecule has 0 amide bonds. The van der Waals surface area contributed by atoms with Crippen molar-refractivity contribution in [1.82, 2.24) is 0 Å². The van der Waals surface area contributed by atoms with E-state index in [-0.39, 0.29) is 5.75 Å². The minimum absolute atomic E-state index is 0.0404. The minimum Gasteiger partial charge on any atom is -0.493 e. The summed E-state index contributed by atoms with van der Waals surface area (Å²) in [6.45, 7) is -0.0524. The zero-order valence-electron chi connectivity index (χ0n) is 9.30. The van der Waals surface area contributed by atoms with Gasteiger partial charge in [0.2, 0.25) is 0 Å². The van der Waals surface area contributed by atoms with Crippen molar-refractivity contribution in [1.29, 1.82) is 0 Å². The Morgan fingerprint density at radius 3 is 2.62 bits per heavy atom. The van der Waals surface area contributed by atoms with Gasteiger partial charge in [0.05, 0.1) is 7.11 Å². The first-order chi connectivity index (χ1) is 7.67. The molecule has 5 heteroatoms. The molecule has 0 aliphatic heterocycles. The van der Waals surface area contributed by atoms with Crippen LogP contribution in [-0.4, -0.2) is 20.3 Å². The predicted octanol–water partition coefficient (Wildman–Crippen LogP) is 3.12.